The minimum atomic E-state index is -0.510. The topological polar surface area (TPSA) is 64.4 Å². The Balaban J connectivity index is 2.20. The quantitative estimate of drug-likeness (QED) is 0.771. The largest absolute Gasteiger partial charge is 0.444 e. The predicted octanol–water partition coefficient (Wildman–Crippen LogP) is 3.92. The Bertz CT molecular complexity index is 641. The maximum absolute atomic E-state index is 12.8. The molecule has 0 unspecified atom stereocenters. The van der Waals surface area contributed by atoms with Gasteiger partial charge in [-0.05, 0) is 60.8 Å². The summed E-state index contributed by atoms with van der Waals surface area (Å²) in [5, 5.41) is 4.58. The molecule has 0 N–H and O–H groups in total. The molecule has 140 valence electrons. The fraction of sp³-hybridized carbons (Fsp3) is 0.737. The summed E-state index contributed by atoms with van der Waals surface area (Å²) in [5.74, 6) is 0.121. The minimum absolute atomic E-state index is 0.121. The van der Waals surface area contributed by atoms with Crippen LogP contribution in [0.2, 0.25) is 0 Å². The summed E-state index contributed by atoms with van der Waals surface area (Å²) in [4.78, 5) is 26.9. The first-order chi connectivity index (χ1) is 11.6. The summed E-state index contributed by atoms with van der Waals surface area (Å²) in [6.45, 7) is 12.8. The fourth-order valence-corrected chi connectivity index (χ4v) is 3.17. The Kier molecular flexibility index (Phi) is 5.91. The van der Waals surface area contributed by atoms with Crippen molar-refractivity contribution in [2.24, 2.45) is 0 Å². The Morgan fingerprint density at radius 3 is 2.32 bits per heavy atom. The van der Waals surface area contributed by atoms with Crippen LogP contribution in [0.5, 0.6) is 0 Å². The van der Waals surface area contributed by atoms with Gasteiger partial charge in [0.1, 0.15) is 11.3 Å². The van der Waals surface area contributed by atoms with Gasteiger partial charge in [0.25, 0.3) is 0 Å². The van der Waals surface area contributed by atoms with Crippen molar-refractivity contribution in [2.75, 3.05) is 13.1 Å². The molecule has 0 fully saturated rings. The lowest BCUT2D eigenvalue weighted by Gasteiger charge is -2.28. The molecule has 0 spiro atoms. The van der Waals surface area contributed by atoms with Gasteiger partial charge in [-0.15, -0.1) is 0 Å². The van der Waals surface area contributed by atoms with Gasteiger partial charge in [0.05, 0.1) is 5.69 Å². The van der Waals surface area contributed by atoms with Crippen molar-refractivity contribution < 1.29 is 14.3 Å². The second kappa shape index (κ2) is 7.58. The predicted molar refractivity (Wildman–Crippen MR) is 97.0 cm³/mol. The zero-order valence-electron chi connectivity index (χ0n) is 16.4. The normalized spacial score (nSPS) is 16.8. The average molecular weight is 349 g/mol. The van der Waals surface area contributed by atoms with E-state index < -0.39 is 5.60 Å². The number of amides is 1. The van der Waals surface area contributed by atoms with E-state index in [0.717, 1.165) is 29.8 Å². The van der Waals surface area contributed by atoms with Crippen molar-refractivity contribution in [1.29, 1.82) is 0 Å². The van der Waals surface area contributed by atoms with E-state index >= 15 is 0 Å². The molecule has 1 aliphatic rings. The molecule has 6 nitrogen and oxygen atoms in total. The Morgan fingerprint density at radius 1 is 1.16 bits per heavy atom. The lowest BCUT2D eigenvalue weighted by molar-refractivity contribution is 0.0243. The standard InChI is InChI=1S/C19H31N3O3/c1-13(2)22-17-15(14(3)20-22)9-7-11-21(12-8-10-16(17)23)18(24)25-19(4,5)6/h13H,7-12H2,1-6H3. The third-order valence-corrected chi connectivity index (χ3v) is 4.30. The Hall–Kier alpha value is -1.85. The maximum Gasteiger partial charge on any atom is 0.410 e. The summed E-state index contributed by atoms with van der Waals surface area (Å²) in [6.07, 6.45) is 2.31. The minimum Gasteiger partial charge on any atom is -0.444 e. The third-order valence-electron chi connectivity index (χ3n) is 4.30. The summed E-state index contributed by atoms with van der Waals surface area (Å²) < 4.78 is 7.35. The Morgan fingerprint density at radius 2 is 1.76 bits per heavy atom. The number of carbonyl (C=O) groups excluding carboxylic acids is 2. The number of hydrogen-bond donors (Lipinski definition) is 0. The molecule has 1 aromatic heterocycles. The lowest BCUT2D eigenvalue weighted by atomic mass is 10.0. The number of carbonyl (C=O) groups is 2. The number of rotatable bonds is 1. The monoisotopic (exact) mass is 349 g/mol. The summed E-state index contributed by atoms with van der Waals surface area (Å²) >= 11 is 0. The van der Waals surface area contributed by atoms with Crippen LogP contribution in [0.25, 0.3) is 0 Å². The van der Waals surface area contributed by atoms with E-state index in [1.807, 2.05) is 46.2 Å². The van der Waals surface area contributed by atoms with Crippen molar-refractivity contribution in [2.45, 2.75) is 78.9 Å². The number of nitrogens with zero attached hydrogens (tertiary/aromatic N) is 3. The van der Waals surface area contributed by atoms with E-state index in [1.54, 1.807) is 4.90 Å². The highest BCUT2D eigenvalue weighted by Gasteiger charge is 2.26. The lowest BCUT2D eigenvalue weighted by Crippen LogP contribution is -2.38. The summed E-state index contributed by atoms with van der Waals surface area (Å²) in [6, 6.07) is 0.160. The van der Waals surface area contributed by atoms with Crippen LogP contribution >= 0.6 is 0 Å². The van der Waals surface area contributed by atoms with Crippen molar-refractivity contribution >= 4 is 11.9 Å². The number of ether oxygens (including phenoxy) is 1. The van der Waals surface area contributed by atoms with Crippen LogP contribution in [-0.2, 0) is 11.2 Å². The number of fused-ring (bicyclic) bond motifs is 1. The first-order valence-electron chi connectivity index (χ1n) is 9.19. The highest BCUT2D eigenvalue weighted by molar-refractivity contribution is 5.96. The molecule has 0 saturated carbocycles. The van der Waals surface area contributed by atoms with E-state index in [-0.39, 0.29) is 17.9 Å². The fourth-order valence-electron chi connectivity index (χ4n) is 3.17. The van der Waals surface area contributed by atoms with Crippen molar-refractivity contribution in [1.82, 2.24) is 14.7 Å². The van der Waals surface area contributed by atoms with Crippen LogP contribution in [0, 0.1) is 6.92 Å². The molecule has 0 bridgehead atoms. The Labute approximate surface area is 150 Å². The molecule has 1 aliphatic heterocycles. The van der Waals surface area contributed by atoms with Crippen LogP contribution in [0.1, 0.15) is 81.7 Å². The zero-order chi connectivity index (χ0) is 18.8. The molecule has 0 saturated heterocycles. The van der Waals surface area contributed by atoms with Gasteiger partial charge in [-0.2, -0.15) is 5.10 Å². The first kappa shape index (κ1) is 19.5. The second-order valence-corrected chi connectivity index (χ2v) is 8.05. The van der Waals surface area contributed by atoms with Gasteiger partial charge in [0, 0.05) is 31.1 Å². The van der Waals surface area contributed by atoms with Crippen LogP contribution < -0.4 is 0 Å². The molecule has 2 rings (SSSR count). The van der Waals surface area contributed by atoms with Crippen molar-refractivity contribution in [3.05, 3.63) is 17.0 Å². The maximum atomic E-state index is 12.8. The van der Waals surface area contributed by atoms with Crippen molar-refractivity contribution in [3.8, 4) is 0 Å². The highest BCUT2D eigenvalue weighted by atomic mass is 16.6. The third kappa shape index (κ3) is 4.83. The van der Waals surface area contributed by atoms with Gasteiger partial charge in [-0.25, -0.2) is 4.79 Å². The van der Waals surface area contributed by atoms with Crippen LogP contribution in [0.3, 0.4) is 0 Å². The van der Waals surface area contributed by atoms with E-state index in [0.29, 0.717) is 25.9 Å². The van der Waals surface area contributed by atoms with Gasteiger partial charge in [-0.1, -0.05) is 0 Å². The number of ketones is 1. The highest BCUT2D eigenvalue weighted by Crippen LogP contribution is 2.23. The number of Topliss-reactive ketones (excluding diaryl/α,β-unsaturated/α-hetero) is 1. The number of hydrogen-bond acceptors (Lipinski definition) is 4. The second-order valence-electron chi connectivity index (χ2n) is 8.05. The van der Waals surface area contributed by atoms with Crippen LogP contribution in [-0.4, -0.2) is 45.2 Å². The molecule has 2 heterocycles. The molecule has 6 heteroatoms. The summed E-state index contributed by atoms with van der Waals surface area (Å²) in [5.41, 5.74) is 2.20. The first-order valence-corrected chi connectivity index (χ1v) is 9.19. The van der Waals surface area contributed by atoms with Gasteiger partial charge in [0.15, 0.2) is 5.78 Å². The van der Waals surface area contributed by atoms with E-state index in [1.165, 1.54) is 0 Å². The van der Waals surface area contributed by atoms with E-state index in [4.69, 9.17) is 4.74 Å². The molecular weight excluding hydrogens is 318 g/mol. The molecule has 25 heavy (non-hydrogen) atoms. The van der Waals surface area contributed by atoms with Crippen LogP contribution in [0.4, 0.5) is 4.79 Å². The van der Waals surface area contributed by atoms with E-state index in [9.17, 15) is 9.59 Å². The van der Waals surface area contributed by atoms with Gasteiger partial charge < -0.3 is 9.64 Å². The zero-order valence-corrected chi connectivity index (χ0v) is 16.4. The SMILES string of the molecule is Cc1nn(C(C)C)c2c1CCCN(C(=O)OC(C)(C)C)CCCC2=O. The van der Waals surface area contributed by atoms with Gasteiger partial charge in [-0.3, -0.25) is 9.48 Å². The number of aryl methyl sites for hydroxylation is 1. The number of aromatic nitrogens is 2. The molecule has 1 amide bonds. The summed E-state index contributed by atoms with van der Waals surface area (Å²) in [7, 11) is 0. The van der Waals surface area contributed by atoms with Gasteiger partial charge in [0.2, 0.25) is 0 Å². The van der Waals surface area contributed by atoms with Crippen LogP contribution in [0.15, 0.2) is 0 Å². The van der Waals surface area contributed by atoms with Gasteiger partial charge >= 0.3 is 6.09 Å². The average Bonchev–Trinajstić information content (AvgIpc) is 2.81. The molecular formula is C19H31N3O3. The molecule has 0 aromatic carbocycles. The van der Waals surface area contributed by atoms with E-state index in [2.05, 4.69) is 5.10 Å². The smallest absolute Gasteiger partial charge is 0.410 e. The molecule has 0 atom stereocenters. The molecule has 0 radical (unpaired) electrons. The molecule has 1 aromatic rings. The van der Waals surface area contributed by atoms with Crippen molar-refractivity contribution in [3.63, 3.8) is 0 Å². The molecule has 0 aliphatic carbocycles.